The van der Waals surface area contributed by atoms with E-state index in [-0.39, 0.29) is 24.1 Å². The summed E-state index contributed by atoms with van der Waals surface area (Å²) >= 11 is 5.75. The van der Waals surface area contributed by atoms with Crippen molar-refractivity contribution >= 4 is 40.5 Å². The summed E-state index contributed by atoms with van der Waals surface area (Å²) in [4.78, 5) is 34.5. The zero-order chi connectivity index (χ0) is 24.9. The lowest BCUT2D eigenvalue weighted by Gasteiger charge is -2.33. The first-order valence-electron chi connectivity index (χ1n) is 12.0. The molecule has 2 aliphatic rings. The molecule has 2 amide bonds. The molecular weight excluding hydrogens is 465 g/mol. The van der Waals surface area contributed by atoms with Gasteiger partial charge in [-0.05, 0) is 75.6 Å². The van der Waals surface area contributed by atoms with Gasteiger partial charge in [0.2, 0.25) is 5.91 Å². The molecule has 0 radical (unpaired) electrons. The van der Waals surface area contributed by atoms with Crippen LogP contribution in [0.5, 0.6) is 0 Å². The van der Waals surface area contributed by atoms with Crippen LogP contribution < -0.4 is 10.2 Å². The monoisotopic (exact) mass is 497 g/mol. The van der Waals surface area contributed by atoms with Gasteiger partial charge in [-0.3, -0.25) is 14.5 Å². The summed E-state index contributed by atoms with van der Waals surface area (Å²) in [6.45, 7) is 7.65. The maximum atomic E-state index is 13.5. The molecule has 0 saturated carbocycles. The Morgan fingerprint density at radius 2 is 1.69 bits per heavy atom. The van der Waals surface area contributed by atoms with Crippen LogP contribution in [-0.2, 0) is 9.59 Å². The Morgan fingerprint density at radius 1 is 1.03 bits per heavy atom. The van der Waals surface area contributed by atoms with E-state index in [0.29, 0.717) is 23.0 Å². The fourth-order valence-corrected chi connectivity index (χ4v) is 4.89. The third-order valence-corrected chi connectivity index (χ3v) is 7.00. The quantitative estimate of drug-likeness (QED) is 0.566. The van der Waals surface area contributed by atoms with Crippen molar-refractivity contribution in [3.05, 3.63) is 59.9 Å². The minimum absolute atomic E-state index is 0.0345. The summed E-state index contributed by atoms with van der Waals surface area (Å²) in [6.07, 6.45) is 0.808. The summed E-state index contributed by atoms with van der Waals surface area (Å²) in [5.41, 5.74) is 2.28. The number of nitrogens with one attached hydrogen (secondary N) is 1. The van der Waals surface area contributed by atoms with E-state index in [4.69, 9.17) is 12.2 Å². The van der Waals surface area contributed by atoms with Gasteiger partial charge in [0.1, 0.15) is 11.9 Å². The highest BCUT2D eigenvalue weighted by Gasteiger charge is 2.43. The molecule has 4 rings (SSSR count). The van der Waals surface area contributed by atoms with E-state index in [9.17, 15) is 14.0 Å². The molecule has 2 fully saturated rings. The van der Waals surface area contributed by atoms with Crippen LogP contribution in [0.25, 0.3) is 0 Å². The molecule has 0 spiro atoms. The second-order valence-corrected chi connectivity index (χ2v) is 9.62. The largest absolute Gasteiger partial charge is 0.336 e. The van der Waals surface area contributed by atoms with E-state index in [1.165, 1.54) is 24.3 Å². The molecule has 2 aromatic rings. The van der Waals surface area contributed by atoms with Crippen LogP contribution in [0.1, 0.15) is 18.4 Å². The van der Waals surface area contributed by atoms with Gasteiger partial charge >= 0.3 is 0 Å². The first kappa shape index (κ1) is 25.2. The molecule has 2 aliphatic heterocycles. The third-order valence-electron chi connectivity index (χ3n) is 6.59. The molecule has 9 heteroatoms. The first-order valence-corrected chi connectivity index (χ1v) is 12.4. The third kappa shape index (κ3) is 6.22. The number of carbonyl (C=O) groups excluding carboxylic acids is 2. The number of amides is 2. The molecule has 1 atom stereocenters. The van der Waals surface area contributed by atoms with Crippen LogP contribution in [0.15, 0.2) is 48.5 Å². The Balaban J connectivity index is 1.46. The molecule has 2 aromatic carbocycles. The number of nitrogens with zero attached hydrogens (tertiary/aromatic N) is 4. The van der Waals surface area contributed by atoms with Crippen molar-refractivity contribution in [1.29, 1.82) is 0 Å². The molecule has 186 valence electrons. The summed E-state index contributed by atoms with van der Waals surface area (Å²) in [6, 6.07) is 12.5. The van der Waals surface area contributed by atoms with Gasteiger partial charge in [-0.25, -0.2) is 4.39 Å². The normalized spacial score (nSPS) is 19.5. The minimum Gasteiger partial charge on any atom is -0.336 e. The lowest BCUT2D eigenvalue weighted by Crippen LogP contribution is -2.45. The Hall–Kier alpha value is -2.88. The fourth-order valence-electron chi connectivity index (χ4n) is 4.48. The van der Waals surface area contributed by atoms with Crippen LogP contribution in [0.3, 0.4) is 0 Å². The summed E-state index contributed by atoms with van der Waals surface area (Å²) in [5.74, 6) is -0.889. The van der Waals surface area contributed by atoms with Crippen molar-refractivity contribution in [2.75, 3.05) is 56.5 Å². The molecule has 0 bridgehead atoms. The number of benzene rings is 2. The lowest BCUT2D eigenvalue weighted by atomic mass is 10.1. The van der Waals surface area contributed by atoms with Crippen molar-refractivity contribution in [3.8, 4) is 0 Å². The Morgan fingerprint density at radius 3 is 2.34 bits per heavy atom. The summed E-state index contributed by atoms with van der Waals surface area (Å²) in [5, 5.41) is 3.19. The molecule has 1 N–H and O–H groups in total. The van der Waals surface area contributed by atoms with E-state index in [1.807, 2.05) is 36.1 Å². The number of hydrogen-bond donors (Lipinski definition) is 1. The smallest absolute Gasteiger partial charge is 0.256 e. The zero-order valence-electron chi connectivity index (χ0n) is 20.2. The van der Waals surface area contributed by atoms with Crippen molar-refractivity contribution in [3.63, 3.8) is 0 Å². The predicted octanol–water partition coefficient (Wildman–Crippen LogP) is 3.10. The maximum absolute atomic E-state index is 13.5. The van der Waals surface area contributed by atoms with Crippen molar-refractivity contribution in [1.82, 2.24) is 14.7 Å². The second-order valence-electron chi connectivity index (χ2n) is 9.26. The average Bonchev–Trinajstić information content (AvgIpc) is 3.06. The van der Waals surface area contributed by atoms with Crippen molar-refractivity contribution in [2.45, 2.75) is 25.8 Å². The zero-order valence-corrected chi connectivity index (χ0v) is 21.1. The molecule has 2 saturated heterocycles. The average molecular weight is 498 g/mol. The highest BCUT2D eigenvalue weighted by atomic mass is 32.1. The van der Waals surface area contributed by atoms with E-state index >= 15 is 0 Å². The van der Waals surface area contributed by atoms with Gasteiger partial charge in [-0.1, -0.05) is 17.7 Å². The Kier molecular flexibility index (Phi) is 8.10. The number of carbonyl (C=O) groups is 2. The second kappa shape index (κ2) is 11.2. The highest BCUT2D eigenvalue weighted by Crippen LogP contribution is 2.28. The predicted molar refractivity (Wildman–Crippen MR) is 140 cm³/mol. The molecule has 0 aromatic heterocycles. The van der Waals surface area contributed by atoms with Crippen molar-refractivity contribution in [2.24, 2.45) is 0 Å². The van der Waals surface area contributed by atoms with Crippen LogP contribution in [-0.4, -0.2) is 84.0 Å². The van der Waals surface area contributed by atoms with Crippen LogP contribution in [0.4, 0.5) is 15.8 Å². The number of anilines is 2. The van der Waals surface area contributed by atoms with Crippen LogP contribution >= 0.6 is 12.2 Å². The van der Waals surface area contributed by atoms with Gasteiger partial charge in [-0.15, -0.1) is 0 Å². The van der Waals surface area contributed by atoms with Gasteiger partial charge in [0.15, 0.2) is 5.11 Å². The lowest BCUT2D eigenvalue weighted by molar-refractivity contribution is -0.124. The number of piperazine rings is 1. The van der Waals surface area contributed by atoms with E-state index < -0.39 is 6.04 Å². The van der Waals surface area contributed by atoms with E-state index in [2.05, 4.69) is 22.2 Å². The first-order chi connectivity index (χ1) is 16.8. The highest BCUT2D eigenvalue weighted by molar-refractivity contribution is 7.80. The SMILES string of the molecule is Cc1ccc(N2C(=O)[C@H](CC(=O)Nc3ccc(F)cc3)N(CCCN3CCN(C)CC3)C2=S)cc1. The standard InChI is InChI=1S/C26H32FN5O2S/c1-19-4-10-22(11-5-19)32-25(34)23(18-24(33)28-21-8-6-20(27)7-9-21)31(26(32)35)13-3-12-30-16-14-29(2)15-17-30/h4-11,23H,3,12-18H2,1-2H3,(H,28,33)/t23-/m0/s1. The number of aryl methyl sites for hydroxylation is 1. The minimum atomic E-state index is -0.684. The summed E-state index contributed by atoms with van der Waals surface area (Å²) in [7, 11) is 2.13. The van der Waals surface area contributed by atoms with Gasteiger partial charge in [0.25, 0.3) is 5.91 Å². The number of thiocarbonyl (C=S) groups is 1. The number of likely N-dealkylation sites (N-methyl/N-ethyl adjacent to an activating group) is 1. The maximum Gasteiger partial charge on any atom is 0.256 e. The molecule has 7 nitrogen and oxygen atoms in total. The summed E-state index contributed by atoms with van der Waals surface area (Å²) < 4.78 is 13.2. The molecule has 0 aliphatic carbocycles. The number of halogens is 1. The Labute approximate surface area is 211 Å². The molecule has 35 heavy (non-hydrogen) atoms. The van der Waals surface area contributed by atoms with Gasteiger partial charge in [0, 0.05) is 38.4 Å². The van der Waals surface area contributed by atoms with Crippen LogP contribution in [0, 0.1) is 12.7 Å². The fraction of sp³-hybridized carbons (Fsp3) is 0.423. The number of hydrogen-bond acceptors (Lipinski definition) is 5. The van der Waals surface area contributed by atoms with Gasteiger partial charge in [0.05, 0.1) is 12.1 Å². The number of rotatable bonds is 8. The Bertz CT molecular complexity index is 1050. The van der Waals surface area contributed by atoms with Gasteiger partial charge in [-0.2, -0.15) is 0 Å². The van der Waals surface area contributed by atoms with Crippen LogP contribution in [0.2, 0.25) is 0 Å². The van der Waals surface area contributed by atoms with E-state index in [1.54, 1.807) is 4.90 Å². The van der Waals surface area contributed by atoms with Gasteiger partial charge < -0.3 is 20.0 Å². The molecular formula is C26H32FN5O2S. The molecule has 2 heterocycles. The van der Waals surface area contributed by atoms with E-state index in [0.717, 1.165) is 44.7 Å². The topological polar surface area (TPSA) is 59.1 Å². The van der Waals surface area contributed by atoms with Crippen molar-refractivity contribution < 1.29 is 14.0 Å². The molecule has 0 unspecified atom stereocenters.